The second-order valence-corrected chi connectivity index (χ2v) is 13.2. The van der Waals surface area contributed by atoms with Crippen molar-refractivity contribution >= 4 is 68.9 Å². The average molecular weight is 655 g/mol. The van der Waals surface area contributed by atoms with E-state index in [2.05, 4.69) is 24.0 Å². The van der Waals surface area contributed by atoms with E-state index in [4.69, 9.17) is 32.7 Å². The fourth-order valence-electron chi connectivity index (χ4n) is 4.89. The highest BCUT2D eigenvalue weighted by molar-refractivity contribution is 8.00. The molecule has 0 saturated carbocycles. The maximum absolute atomic E-state index is 13.6. The van der Waals surface area contributed by atoms with E-state index in [9.17, 15) is 14.7 Å². The number of nitrogens with zero attached hydrogens (tertiary/aromatic N) is 3. The van der Waals surface area contributed by atoms with E-state index in [0.29, 0.717) is 56.0 Å². The normalized spacial score (nSPS) is 17.6. The van der Waals surface area contributed by atoms with Gasteiger partial charge in [-0.2, -0.15) is 0 Å². The topological polar surface area (TPSA) is 102 Å². The molecule has 2 aliphatic heterocycles. The highest BCUT2D eigenvalue weighted by atomic mass is 35.5. The van der Waals surface area contributed by atoms with E-state index in [-0.39, 0.29) is 22.4 Å². The molecular weight excluding hydrogens is 629 g/mol. The third-order valence-corrected chi connectivity index (χ3v) is 9.84. The second-order valence-electron chi connectivity index (χ2n) is 10.2. The van der Waals surface area contributed by atoms with Crippen molar-refractivity contribution in [2.45, 2.75) is 35.9 Å². The molecule has 2 aliphatic rings. The standard InChI is InChI=1S/C31H25Cl2N3O5S2/c1-16(2)17-3-5-18(6-4-17)26-25(27(37)19-8-10-23-24(13-19)41-12-11-40-23)28(38)29(39)36(26)30-34-35-31(43-30)42-15-20-7-9-21(32)14-22(20)33/h3-10,13-14,16,26,37H,11-12,15H2,1-2H3/t26-/m1/s1. The van der Waals surface area contributed by atoms with Crippen LogP contribution in [0.25, 0.3) is 5.76 Å². The van der Waals surface area contributed by atoms with Crippen molar-refractivity contribution in [3.8, 4) is 11.5 Å². The number of hydrogen-bond acceptors (Lipinski definition) is 9. The van der Waals surface area contributed by atoms with Gasteiger partial charge >= 0.3 is 5.91 Å². The number of aliphatic hydroxyl groups excluding tert-OH is 1. The number of hydrogen-bond donors (Lipinski definition) is 1. The molecule has 43 heavy (non-hydrogen) atoms. The van der Waals surface area contributed by atoms with Crippen LogP contribution >= 0.6 is 46.3 Å². The first kappa shape index (κ1) is 29.5. The number of amides is 1. The lowest BCUT2D eigenvalue weighted by atomic mass is 9.93. The molecule has 12 heteroatoms. The molecule has 3 heterocycles. The summed E-state index contributed by atoms with van der Waals surface area (Å²) in [4.78, 5) is 28.5. The largest absolute Gasteiger partial charge is 0.507 e. The van der Waals surface area contributed by atoms with Crippen LogP contribution in [-0.2, 0) is 15.3 Å². The number of carbonyl (C=O) groups is 2. The van der Waals surface area contributed by atoms with Crippen LogP contribution in [0.15, 0.2) is 70.6 Å². The van der Waals surface area contributed by atoms with E-state index in [1.807, 2.05) is 30.3 Å². The fourth-order valence-corrected chi connectivity index (χ4v) is 7.32. The molecule has 1 amide bonds. The van der Waals surface area contributed by atoms with Crippen LogP contribution < -0.4 is 14.4 Å². The van der Waals surface area contributed by atoms with Crippen molar-refractivity contribution in [2.24, 2.45) is 0 Å². The minimum absolute atomic E-state index is 0.0451. The number of thioether (sulfide) groups is 1. The Morgan fingerprint density at radius 2 is 1.77 bits per heavy atom. The molecular formula is C31H25Cl2N3O5S2. The molecule has 0 radical (unpaired) electrons. The number of Topliss-reactive ketones (excluding diaryl/α,β-unsaturated/α-hetero) is 1. The molecule has 1 N–H and O–H groups in total. The van der Waals surface area contributed by atoms with Crippen LogP contribution in [0.4, 0.5) is 5.13 Å². The Bertz CT molecular complexity index is 1760. The molecule has 6 rings (SSSR count). The fraction of sp³-hybridized carbons (Fsp3) is 0.226. The summed E-state index contributed by atoms with van der Waals surface area (Å²) in [5, 5.41) is 21.4. The van der Waals surface area contributed by atoms with Gasteiger partial charge < -0.3 is 14.6 Å². The number of anilines is 1. The van der Waals surface area contributed by atoms with Crippen molar-refractivity contribution in [3.63, 3.8) is 0 Å². The van der Waals surface area contributed by atoms with Crippen LogP contribution in [0.2, 0.25) is 10.0 Å². The molecule has 3 aromatic carbocycles. The lowest BCUT2D eigenvalue weighted by Gasteiger charge is -2.23. The SMILES string of the molecule is CC(C)c1ccc([C@@H]2C(=C(O)c3ccc4c(c3)OCCO4)C(=O)C(=O)N2c2nnc(SCc3ccc(Cl)cc3Cl)s2)cc1. The van der Waals surface area contributed by atoms with Gasteiger partial charge in [0.25, 0.3) is 5.78 Å². The number of ether oxygens (including phenoxy) is 2. The van der Waals surface area contributed by atoms with Crippen LogP contribution in [-0.4, -0.2) is 40.2 Å². The maximum atomic E-state index is 13.6. The van der Waals surface area contributed by atoms with Gasteiger partial charge in [0, 0.05) is 21.4 Å². The van der Waals surface area contributed by atoms with Gasteiger partial charge in [-0.15, -0.1) is 10.2 Å². The maximum Gasteiger partial charge on any atom is 0.301 e. The molecule has 8 nitrogen and oxygen atoms in total. The third kappa shape index (κ3) is 5.84. The molecule has 0 unspecified atom stereocenters. The van der Waals surface area contributed by atoms with Crippen molar-refractivity contribution in [1.82, 2.24) is 10.2 Å². The van der Waals surface area contributed by atoms with Crippen molar-refractivity contribution < 1.29 is 24.2 Å². The zero-order chi connectivity index (χ0) is 30.2. The molecule has 1 atom stereocenters. The van der Waals surface area contributed by atoms with Gasteiger partial charge in [-0.05, 0) is 52.9 Å². The van der Waals surface area contributed by atoms with Gasteiger partial charge in [0.15, 0.2) is 15.8 Å². The molecule has 1 aromatic heterocycles. The van der Waals surface area contributed by atoms with Crippen molar-refractivity contribution in [2.75, 3.05) is 18.1 Å². The van der Waals surface area contributed by atoms with E-state index in [1.165, 1.54) is 28.0 Å². The number of aliphatic hydroxyl groups is 1. The van der Waals surface area contributed by atoms with E-state index < -0.39 is 17.7 Å². The predicted molar refractivity (Wildman–Crippen MR) is 169 cm³/mol. The zero-order valence-corrected chi connectivity index (χ0v) is 26.2. The number of fused-ring (bicyclic) bond motifs is 1. The van der Waals surface area contributed by atoms with Crippen molar-refractivity contribution in [1.29, 1.82) is 0 Å². The summed E-state index contributed by atoms with van der Waals surface area (Å²) < 4.78 is 11.9. The van der Waals surface area contributed by atoms with Crippen LogP contribution in [0.3, 0.4) is 0 Å². The van der Waals surface area contributed by atoms with Crippen LogP contribution in [0, 0.1) is 0 Å². The summed E-state index contributed by atoms with van der Waals surface area (Å²) in [5.74, 6) is -0.138. The van der Waals surface area contributed by atoms with Crippen molar-refractivity contribution in [3.05, 3.63) is 98.5 Å². The first-order valence-corrected chi connectivity index (χ1v) is 16.0. The van der Waals surface area contributed by atoms with Gasteiger partial charge in [-0.1, -0.05) is 90.5 Å². The van der Waals surface area contributed by atoms with E-state index >= 15 is 0 Å². The monoisotopic (exact) mass is 653 g/mol. The molecule has 1 fully saturated rings. The number of benzene rings is 3. The summed E-state index contributed by atoms with van der Waals surface area (Å²) in [6.45, 7) is 4.96. The van der Waals surface area contributed by atoms with Gasteiger partial charge in [-0.25, -0.2) is 0 Å². The number of ketones is 1. The predicted octanol–water partition coefficient (Wildman–Crippen LogP) is 7.66. The average Bonchev–Trinajstić information content (AvgIpc) is 3.57. The number of rotatable bonds is 7. The minimum Gasteiger partial charge on any atom is -0.507 e. The van der Waals surface area contributed by atoms with Gasteiger partial charge in [-0.3, -0.25) is 14.5 Å². The number of carbonyl (C=O) groups excluding carboxylic acids is 2. The van der Waals surface area contributed by atoms with Gasteiger partial charge in [0.2, 0.25) is 5.13 Å². The Labute approximate surface area is 266 Å². The minimum atomic E-state index is -0.925. The highest BCUT2D eigenvalue weighted by Gasteiger charge is 2.48. The molecule has 0 spiro atoms. The summed E-state index contributed by atoms with van der Waals surface area (Å²) in [6.07, 6.45) is 0. The first-order chi connectivity index (χ1) is 20.7. The summed E-state index contributed by atoms with van der Waals surface area (Å²) >= 11 is 14.9. The molecule has 0 aliphatic carbocycles. The summed E-state index contributed by atoms with van der Waals surface area (Å²) in [6, 6.07) is 16.9. The molecule has 0 bridgehead atoms. The van der Waals surface area contributed by atoms with Crippen LogP contribution in [0.5, 0.6) is 11.5 Å². The summed E-state index contributed by atoms with van der Waals surface area (Å²) in [5.41, 5.74) is 2.91. The Balaban J connectivity index is 1.39. The number of aromatic nitrogens is 2. The summed E-state index contributed by atoms with van der Waals surface area (Å²) in [7, 11) is 0. The molecule has 4 aromatic rings. The Morgan fingerprint density at radius 1 is 1.02 bits per heavy atom. The smallest absolute Gasteiger partial charge is 0.301 e. The zero-order valence-electron chi connectivity index (χ0n) is 23.0. The molecule has 1 saturated heterocycles. The molecule has 220 valence electrons. The quantitative estimate of drug-likeness (QED) is 0.0713. The van der Waals surface area contributed by atoms with Gasteiger partial charge in [0.1, 0.15) is 19.0 Å². The lowest BCUT2D eigenvalue weighted by Crippen LogP contribution is -2.29. The van der Waals surface area contributed by atoms with Gasteiger partial charge in [0.05, 0.1) is 11.6 Å². The Morgan fingerprint density at radius 3 is 2.49 bits per heavy atom. The third-order valence-electron chi connectivity index (χ3n) is 7.15. The van der Waals surface area contributed by atoms with E-state index in [1.54, 1.807) is 30.3 Å². The highest BCUT2D eigenvalue weighted by Crippen LogP contribution is 2.45. The lowest BCUT2D eigenvalue weighted by molar-refractivity contribution is -0.132. The Hall–Kier alpha value is -3.57. The van der Waals surface area contributed by atoms with E-state index in [0.717, 1.165) is 11.1 Å². The Kier molecular flexibility index (Phi) is 8.37. The second kappa shape index (κ2) is 12.2. The first-order valence-electron chi connectivity index (χ1n) is 13.4. The number of halogens is 2. The van der Waals surface area contributed by atoms with Crippen LogP contribution in [0.1, 0.15) is 48.1 Å².